The summed E-state index contributed by atoms with van der Waals surface area (Å²) >= 11 is 0. The molecule has 1 aliphatic heterocycles. The highest BCUT2D eigenvalue weighted by atomic mass is 32.2. The van der Waals surface area contributed by atoms with E-state index in [0.717, 1.165) is 5.56 Å². The Hall–Kier alpha value is -0.910. The summed E-state index contributed by atoms with van der Waals surface area (Å²) in [5.74, 6) is 0.498. The molecule has 2 rings (SSSR count). The molecule has 1 aromatic rings. The number of rotatable bonds is 5. The Balaban J connectivity index is 1.95. The lowest BCUT2D eigenvalue weighted by Gasteiger charge is -2.08. The Morgan fingerprint density at radius 2 is 1.82 bits per heavy atom. The molecule has 0 saturated carbocycles. The number of nitrogens with zero attached hydrogens (tertiary/aromatic N) is 1. The van der Waals surface area contributed by atoms with Gasteiger partial charge in [-0.25, -0.2) is 0 Å². The quantitative estimate of drug-likeness (QED) is 0.809. The van der Waals surface area contributed by atoms with Crippen molar-refractivity contribution in [1.82, 2.24) is 9.03 Å². The molecule has 0 atom stereocenters. The Morgan fingerprint density at radius 3 is 2.29 bits per heavy atom. The number of nitrogens with one attached hydrogen (secondary N) is 1. The van der Waals surface area contributed by atoms with E-state index in [9.17, 15) is 8.42 Å². The highest BCUT2D eigenvalue weighted by molar-refractivity contribution is 7.87. The van der Waals surface area contributed by atoms with Gasteiger partial charge in [-0.1, -0.05) is 38.1 Å². The molecule has 0 radical (unpaired) electrons. The molecule has 0 aliphatic carbocycles. The Bertz CT molecular complexity index is 476. The van der Waals surface area contributed by atoms with E-state index in [-0.39, 0.29) is 0 Å². The summed E-state index contributed by atoms with van der Waals surface area (Å²) in [7, 11) is -3.23. The summed E-state index contributed by atoms with van der Waals surface area (Å²) < 4.78 is 27.1. The second-order valence-electron chi connectivity index (χ2n) is 4.62. The van der Waals surface area contributed by atoms with E-state index in [4.69, 9.17) is 0 Å². The van der Waals surface area contributed by atoms with Crippen LogP contribution in [-0.4, -0.2) is 25.8 Å². The van der Waals surface area contributed by atoms with E-state index in [1.54, 1.807) is 0 Å². The molecule has 1 saturated heterocycles. The van der Waals surface area contributed by atoms with E-state index in [1.165, 1.54) is 9.87 Å². The van der Waals surface area contributed by atoms with Crippen molar-refractivity contribution < 1.29 is 8.42 Å². The van der Waals surface area contributed by atoms with Crippen LogP contribution >= 0.6 is 0 Å². The molecule has 1 heterocycles. The molecule has 1 fully saturated rings. The van der Waals surface area contributed by atoms with Crippen LogP contribution in [0, 0.1) is 0 Å². The largest absolute Gasteiger partial charge is 0.279 e. The molecular weight excluding hydrogens is 236 g/mol. The number of hydrogen-bond acceptors (Lipinski definition) is 2. The molecule has 0 spiro atoms. The van der Waals surface area contributed by atoms with Crippen molar-refractivity contribution in [2.24, 2.45) is 0 Å². The predicted octanol–water partition coefficient (Wildman–Crippen LogP) is 1.46. The van der Waals surface area contributed by atoms with Gasteiger partial charge in [0.05, 0.1) is 0 Å². The molecule has 1 N–H and O–H groups in total. The highest BCUT2D eigenvalue weighted by Gasteiger charge is 2.31. The zero-order chi connectivity index (χ0) is 12.5. The van der Waals surface area contributed by atoms with Gasteiger partial charge in [0.25, 0.3) is 10.2 Å². The van der Waals surface area contributed by atoms with Crippen LogP contribution in [0.15, 0.2) is 24.3 Å². The number of benzene rings is 1. The van der Waals surface area contributed by atoms with Crippen LogP contribution < -0.4 is 4.72 Å². The van der Waals surface area contributed by atoms with Crippen molar-refractivity contribution in [2.45, 2.75) is 26.3 Å². The second kappa shape index (κ2) is 4.76. The molecule has 0 amide bonds. The van der Waals surface area contributed by atoms with Gasteiger partial charge in [-0.05, 0) is 17.0 Å². The van der Waals surface area contributed by atoms with Crippen LogP contribution in [0.2, 0.25) is 0 Å². The minimum absolute atomic E-state index is 0.358. The lowest BCUT2D eigenvalue weighted by atomic mass is 10.0. The Kier molecular flexibility index (Phi) is 3.51. The molecule has 17 heavy (non-hydrogen) atoms. The highest BCUT2D eigenvalue weighted by Crippen LogP contribution is 2.15. The van der Waals surface area contributed by atoms with Crippen molar-refractivity contribution in [3.63, 3.8) is 0 Å². The van der Waals surface area contributed by atoms with Crippen LogP contribution in [0.4, 0.5) is 0 Å². The monoisotopic (exact) mass is 254 g/mol. The summed E-state index contributed by atoms with van der Waals surface area (Å²) in [6.07, 6.45) is 0. The maximum Gasteiger partial charge on any atom is 0.279 e. The minimum atomic E-state index is -3.23. The van der Waals surface area contributed by atoms with E-state index >= 15 is 0 Å². The van der Waals surface area contributed by atoms with Crippen molar-refractivity contribution in [3.05, 3.63) is 35.4 Å². The van der Waals surface area contributed by atoms with Gasteiger partial charge in [0.1, 0.15) is 0 Å². The van der Waals surface area contributed by atoms with Gasteiger partial charge in [-0.15, -0.1) is 0 Å². The fraction of sp³-hybridized carbons (Fsp3) is 0.500. The zero-order valence-corrected chi connectivity index (χ0v) is 11.0. The first kappa shape index (κ1) is 12.5. The summed E-state index contributed by atoms with van der Waals surface area (Å²) in [5.41, 5.74) is 2.25. The molecule has 1 aliphatic rings. The first-order chi connectivity index (χ1) is 7.99. The van der Waals surface area contributed by atoms with Gasteiger partial charge in [0.2, 0.25) is 0 Å². The molecule has 0 bridgehead atoms. The van der Waals surface area contributed by atoms with Gasteiger partial charge >= 0.3 is 0 Å². The standard InChI is InChI=1S/C12H18N2O2S/c1-10(2)12-5-3-11(4-6-12)9-13-17(15,16)14-7-8-14/h3-6,10,13H,7-9H2,1-2H3. The van der Waals surface area contributed by atoms with Crippen molar-refractivity contribution in [2.75, 3.05) is 13.1 Å². The molecule has 0 unspecified atom stereocenters. The van der Waals surface area contributed by atoms with Crippen LogP contribution in [-0.2, 0) is 16.8 Å². The summed E-state index contributed by atoms with van der Waals surface area (Å²) in [6.45, 7) is 5.91. The first-order valence-electron chi connectivity index (χ1n) is 5.82. The Morgan fingerprint density at radius 1 is 1.24 bits per heavy atom. The molecular formula is C12H18N2O2S. The third-order valence-corrected chi connectivity index (χ3v) is 4.41. The van der Waals surface area contributed by atoms with E-state index < -0.39 is 10.2 Å². The molecule has 1 aromatic carbocycles. The average Bonchev–Trinajstić information content (AvgIpc) is 3.11. The van der Waals surface area contributed by atoms with Crippen molar-refractivity contribution >= 4 is 10.2 Å². The maximum atomic E-state index is 11.6. The van der Waals surface area contributed by atoms with E-state index in [1.807, 2.05) is 24.3 Å². The van der Waals surface area contributed by atoms with Crippen LogP contribution in [0.1, 0.15) is 30.9 Å². The molecule has 5 heteroatoms. The number of hydrogen-bond donors (Lipinski definition) is 1. The summed E-state index contributed by atoms with van der Waals surface area (Å²) in [4.78, 5) is 0. The van der Waals surface area contributed by atoms with Gasteiger partial charge in [0, 0.05) is 19.6 Å². The maximum absolute atomic E-state index is 11.6. The van der Waals surface area contributed by atoms with Crippen LogP contribution in [0.5, 0.6) is 0 Å². The van der Waals surface area contributed by atoms with Crippen molar-refractivity contribution in [3.8, 4) is 0 Å². The normalized spacial score (nSPS) is 16.4. The van der Waals surface area contributed by atoms with E-state index in [2.05, 4.69) is 18.6 Å². The Labute approximate surface area is 103 Å². The van der Waals surface area contributed by atoms with E-state index in [0.29, 0.717) is 25.6 Å². The average molecular weight is 254 g/mol. The van der Waals surface area contributed by atoms with Crippen LogP contribution in [0.3, 0.4) is 0 Å². The summed E-state index contributed by atoms with van der Waals surface area (Å²) in [5, 5.41) is 0. The fourth-order valence-corrected chi connectivity index (χ4v) is 2.66. The van der Waals surface area contributed by atoms with Gasteiger partial charge in [-0.2, -0.15) is 17.4 Å². The third kappa shape index (κ3) is 3.28. The van der Waals surface area contributed by atoms with Crippen LogP contribution in [0.25, 0.3) is 0 Å². The fourth-order valence-electron chi connectivity index (χ4n) is 1.57. The molecule has 0 aromatic heterocycles. The molecule has 94 valence electrons. The lowest BCUT2D eigenvalue weighted by Crippen LogP contribution is -2.29. The first-order valence-corrected chi connectivity index (χ1v) is 7.26. The van der Waals surface area contributed by atoms with Gasteiger partial charge in [0.15, 0.2) is 0 Å². The predicted molar refractivity (Wildman–Crippen MR) is 67.9 cm³/mol. The third-order valence-electron chi connectivity index (χ3n) is 2.85. The van der Waals surface area contributed by atoms with Crippen molar-refractivity contribution in [1.29, 1.82) is 0 Å². The lowest BCUT2D eigenvalue weighted by molar-refractivity contribution is 0.546. The second-order valence-corrected chi connectivity index (χ2v) is 6.38. The topological polar surface area (TPSA) is 49.2 Å². The SMILES string of the molecule is CC(C)c1ccc(CNS(=O)(=O)N2CC2)cc1. The van der Waals surface area contributed by atoms with Gasteiger partial charge < -0.3 is 0 Å². The van der Waals surface area contributed by atoms with Gasteiger partial charge in [-0.3, -0.25) is 0 Å². The summed E-state index contributed by atoms with van der Waals surface area (Å²) in [6, 6.07) is 8.04. The zero-order valence-electron chi connectivity index (χ0n) is 10.2. The molecule has 4 nitrogen and oxygen atoms in total. The smallest absolute Gasteiger partial charge is 0.198 e. The minimum Gasteiger partial charge on any atom is -0.198 e.